The maximum Gasteiger partial charge on any atom is 0.333 e. The van der Waals surface area contributed by atoms with Gasteiger partial charge in [0.2, 0.25) is 8.87 Å². The lowest BCUT2D eigenvalue weighted by molar-refractivity contribution is -0.178. The van der Waals surface area contributed by atoms with Crippen LogP contribution in [0.4, 0.5) is 0 Å². The van der Waals surface area contributed by atoms with Crippen LogP contribution < -0.4 is 0 Å². The Morgan fingerprint density at radius 1 is 1.19 bits per heavy atom. The van der Waals surface area contributed by atoms with Crippen LogP contribution in [0.1, 0.15) is 51.0 Å². The topological polar surface area (TPSA) is 60.4 Å². The van der Waals surface area contributed by atoms with E-state index in [0.717, 1.165) is 48.5 Å². The monoisotopic (exact) mass is 406 g/mol. The molecule has 0 aromatic heterocycles. The number of carbonyl (C=O) groups excluding carboxylic acids is 1. The smallest absolute Gasteiger partial charge is 0.333 e. The Bertz CT molecular complexity index is 845. The molecule has 5 rings (SSSR count). The van der Waals surface area contributed by atoms with Gasteiger partial charge >= 0.3 is 5.97 Å². The molecular weight excluding hydrogens is 380 g/mol. The molecule has 6 heteroatoms. The molecule has 0 heterocycles. The Hall–Kier alpha value is -1.27. The van der Waals surface area contributed by atoms with Crippen molar-refractivity contribution in [3.63, 3.8) is 0 Å². The van der Waals surface area contributed by atoms with E-state index in [1.54, 1.807) is 6.92 Å². The van der Waals surface area contributed by atoms with Crippen LogP contribution in [0.25, 0.3) is 0 Å². The minimum Gasteiger partial charge on any atom is -0.456 e. The predicted octanol–water partition coefficient (Wildman–Crippen LogP) is 4.46. The van der Waals surface area contributed by atoms with E-state index in [9.17, 15) is 13.2 Å². The summed E-state index contributed by atoms with van der Waals surface area (Å²) in [4.78, 5) is 12.2. The highest BCUT2D eigenvalue weighted by atomic mass is 33.1. The van der Waals surface area contributed by atoms with E-state index in [1.165, 1.54) is 0 Å². The van der Waals surface area contributed by atoms with Gasteiger partial charge in [-0.1, -0.05) is 36.9 Å². The highest BCUT2D eigenvalue weighted by molar-refractivity contribution is 8.72. The van der Waals surface area contributed by atoms with E-state index in [2.05, 4.69) is 6.58 Å². The van der Waals surface area contributed by atoms with E-state index in [0.29, 0.717) is 23.8 Å². The van der Waals surface area contributed by atoms with Crippen molar-refractivity contribution < 1.29 is 17.9 Å². The Morgan fingerprint density at radius 3 is 2.41 bits per heavy atom. The van der Waals surface area contributed by atoms with Gasteiger partial charge in [0.1, 0.15) is 5.60 Å². The summed E-state index contributed by atoms with van der Waals surface area (Å²) in [5.74, 6) is 0.602. The summed E-state index contributed by atoms with van der Waals surface area (Å²) in [6.45, 7) is 5.37. The molecule has 0 N–H and O–H groups in total. The van der Waals surface area contributed by atoms with Gasteiger partial charge < -0.3 is 4.74 Å². The van der Waals surface area contributed by atoms with E-state index in [4.69, 9.17) is 4.74 Å². The number of hydrogen-bond donors (Lipinski definition) is 0. The molecule has 0 radical (unpaired) electrons. The van der Waals surface area contributed by atoms with Crippen molar-refractivity contribution in [2.75, 3.05) is 0 Å². The quantitative estimate of drug-likeness (QED) is 0.396. The fraction of sp³-hybridized carbons (Fsp3) is 0.571. The lowest BCUT2D eigenvalue weighted by Crippen LogP contribution is -2.59. The van der Waals surface area contributed by atoms with Gasteiger partial charge in [0, 0.05) is 16.7 Å². The predicted molar refractivity (Wildman–Crippen MR) is 108 cm³/mol. The highest BCUT2D eigenvalue weighted by Gasteiger charge is 2.61. The molecule has 0 saturated heterocycles. The van der Waals surface area contributed by atoms with Crippen LogP contribution >= 0.6 is 10.8 Å². The van der Waals surface area contributed by atoms with Crippen LogP contribution in [-0.2, 0) is 24.2 Å². The minimum atomic E-state index is -3.31. The van der Waals surface area contributed by atoms with E-state index in [1.807, 2.05) is 30.3 Å². The summed E-state index contributed by atoms with van der Waals surface area (Å²) in [7, 11) is -2.16. The molecule has 4 saturated carbocycles. The van der Waals surface area contributed by atoms with Crippen molar-refractivity contribution in [2.45, 2.75) is 61.5 Å². The molecule has 4 fully saturated rings. The van der Waals surface area contributed by atoms with Gasteiger partial charge in [-0.25, -0.2) is 13.2 Å². The third-order valence-corrected chi connectivity index (χ3v) is 10.0. The van der Waals surface area contributed by atoms with Crippen LogP contribution in [-0.4, -0.2) is 24.7 Å². The van der Waals surface area contributed by atoms with E-state index in [-0.39, 0.29) is 16.5 Å². The zero-order chi connectivity index (χ0) is 19.3. The second-order valence-electron chi connectivity index (χ2n) is 8.77. The maximum atomic E-state index is 13.0. The standard InChI is InChI=1S/C21H26O4S2/c1-15(2)19(22)25-20-9-17-8-18(10-20)12-21(11-17,14-20)26-27(23,24)13-16-6-4-3-5-7-16/h3-7,17-18H,1,8-14H2,2H3. The molecule has 0 amide bonds. The molecule has 146 valence electrons. The SMILES string of the molecule is C=C(C)C(=O)OC12CC3CC(C1)CC(SS(=O)(=O)Cc1ccccc1)(C3)C2. The first-order valence-electron chi connectivity index (χ1n) is 9.54. The summed E-state index contributed by atoms with van der Waals surface area (Å²) in [5.41, 5.74) is 0.720. The Kier molecular flexibility index (Phi) is 4.70. The lowest BCUT2D eigenvalue weighted by Gasteiger charge is -2.60. The molecule has 4 aliphatic carbocycles. The molecule has 2 atom stereocenters. The van der Waals surface area contributed by atoms with Crippen molar-refractivity contribution in [2.24, 2.45) is 11.8 Å². The first-order chi connectivity index (χ1) is 12.7. The number of rotatable bonds is 6. The summed E-state index contributed by atoms with van der Waals surface area (Å²) in [6.07, 6.45) is 5.33. The lowest BCUT2D eigenvalue weighted by atomic mass is 9.53. The van der Waals surface area contributed by atoms with Crippen molar-refractivity contribution in [3.05, 3.63) is 48.0 Å². The number of hydrogen-bond acceptors (Lipinski definition) is 5. The largest absolute Gasteiger partial charge is 0.456 e. The van der Waals surface area contributed by atoms with Gasteiger partial charge in [-0.15, -0.1) is 0 Å². The number of esters is 1. The van der Waals surface area contributed by atoms with Crippen LogP contribution in [0.15, 0.2) is 42.5 Å². The van der Waals surface area contributed by atoms with Gasteiger partial charge in [-0.05, 0) is 67.2 Å². The van der Waals surface area contributed by atoms with Crippen LogP contribution in [0.5, 0.6) is 0 Å². The average molecular weight is 407 g/mol. The van der Waals surface area contributed by atoms with Gasteiger partial charge in [0.05, 0.1) is 5.75 Å². The Balaban J connectivity index is 1.55. The van der Waals surface area contributed by atoms with Crippen LogP contribution in [0, 0.1) is 11.8 Å². The third kappa shape index (κ3) is 3.97. The zero-order valence-electron chi connectivity index (χ0n) is 15.6. The molecule has 4 bridgehead atoms. The molecule has 1 aromatic carbocycles. The van der Waals surface area contributed by atoms with Crippen molar-refractivity contribution in [3.8, 4) is 0 Å². The maximum absolute atomic E-state index is 13.0. The highest BCUT2D eigenvalue weighted by Crippen LogP contribution is 2.64. The number of benzene rings is 1. The first-order valence-corrected chi connectivity index (χ1v) is 12.5. The van der Waals surface area contributed by atoms with Crippen LogP contribution in [0.2, 0.25) is 0 Å². The fourth-order valence-corrected chi connectivity index (χ4v) is 10.6. The molecule has 4 nitrogen and oxygen atoms in total. The first kappa shape index (κ1) is 19.1. The van der Waals surface area contributed by atoms with E-state index < -0.39 is 14.5 Å². The molecule has 0 spiro atoms. The molecule has 2 unspecified atom stereocenters. The minimum absolute atomic E-state index is 0.0497. The summed E-state index contributed by atoms with van der Waals surface area (Å²) in [5, 5.41) is 0. The molecule has 27 heavy (non-hydrogen) atoms. The van der Waals surface area contributed by atoms with Gasteiger partial charge in [0.15, 0.2) is 0 Å². The second kappa shape index (κ2) is 6.66. The van der Waals surface area contributed by atoms with Crippen molar-refractivity contribution in [1.82, 2.24) is 0 Å². The molecule has 4 aliphatic rings. The van der Waals surface area contributed by atoms with Crippen molar-refractivity contribution >= 4 is 25.6 Å². The molecule has 1 aromatic rings. The zero-order valence-corrected chi connectivity index (χ0v) is 17.3. The normalized spacial score (nSPS) is 34.4. The van der Waals surface area contributed by atoms with Crippen LogP contribution in [0.3, 0.4) is 0 Å². The summed E-state index contributed by atoms with van der Waals surface area (Å²) >= 11 is 0. The number of carbonyl (C=O) groups is 1. The second-order valence-corrected chi connectivity index (χ2v) is 13.2. The van der Waals surface area contributed by atoms with E-state index >= 15 is 0 Å². The summed E-state index contributed by atoms with van der Waals surface area (Å²) < 4.78 is 31.5. The molecule has 0 aliphatic heterocycles. The Morgan fingerprint density at radius 2 is 1.81 bits per heavy atom. The van der Waals surface area contributed by atoms with Gasteiger partial charge in [0.25, 0.3) is 0 Å². The number of ether oxygens (including phenoxy) is 1. The fourth-order valence-electron chi connectivity index (χ4n) is 5.67. The van der Waals surface area contributed by atoms with Gasteiger partial charge in [-0.2, -0.15) is 0 Å². The summed E-state index contributed by atoms with van der Waals surface area (Å²) in [6, 6.07) is 9.34. The molecular formula is C21H26O4S2. The van der Waals surface area contributed by atoms with Gasteiger partial charge in [-0.3, -0.25) is 0 Å². The van der Waals surface area contributed by atoms with Crippen molar-refractivity contribution in [1.29, 1.82) is 0 Å². The average Bonchev–Trinajstić information content (AvgIpc) is 2.52. The Labute approximate surface area is 165 Å². The third-order valence-electron chi connectivity index (χ3n) is 6.10.